The molecule has 5 rings (SSSR count). The number of hydrogen-bond donors (Lipinski definition) is 3. The lowest BCUT2D eigenvalue weighted by Crippen LogP contribution is -2.33. The van der Waals surface area contributed by atoms with Crippen molar-refractivity contribution in [3.05, 3.63) is 70.7 Å². The number of thiazole rings is 1. The van der Waals surface area contributed by atoms with E-state index in [0.29, 0.717) is 27.7 Å². The monoisotopic (exact) mass is 572 g/mol. The van der Waals surface area contributed by atoms with E-state index in [2.05, 4.69) is 40.7 Å². The third-order valence-electron chi connectivity index (χ3n) is 5.47. The predicted molar refractivity (Wildman–Crippen MR) is 139 cm³/mol. The molecule has 0 aliphatic carbocycles. The Balaban J connectivity index is 1.47. The summed E-state index contributed by atoms with van der Waals surface area (Å²) in [4.78, 5) is 21.3. The number of pyridine rings is 1. The van der Waals surface area contributed by atoms with E-state index in [1.54, 1.807) is 26.0 Å². The van der Waals surface area contributed by atoms with Gasteiger partial charge in [-0.2, -0.15) is 4.39 Å². The Morgan fingerprint density at radius 2 is 1.95 bits per heavy atom. The van der Waals surface area contributed by atoms with Gasteiger partial charge in [-0.25, -0.2) is 27.9 Å². The first-order valence-electron chi connectivity index (χ1n) is 11.4. The van der Waals surface area contributed by atoms with Gasteiger partial charge in [-0.15, -0.1) is 21.5 Å². The van der Waals surface area contributed by atoms with E-state index in [1.165, 1.54) is 23.6 Å². The molecule has 0 fully saturated rings. The van der Waals surface area contributed by atoms with Gasteiger partial charge in [0, 0.05) is 11.8 Å². The predicted octanol–water partition coefficient (Wildman–Crippen LogP) is 3.45. The summed E-state index contributed by atoms with van der Waals surface area (Å²) in [5.74, 6) is -0.153. The number of nitrogens with zero attached hydrogens (tertiary/aromatic N) is 5. The van der Waals surface area contributed by atoms with Gasteiger partial charge in [-0.3, -0.25) is 0 Å². The van der Waals surface area contributed by atoms with Gasteiger partial charge in [0.15, 0.2) is 11.8 Å². The fourth-order valence-electron chi connectivity index (χ4n) is 3.61. The summed E-state index contributed by atoms with van der Waals surface area (Å²) in [6.07, 6.45) is 2.44. The fraction of sp³-hybridized carbons (Fsp3) is 0.217. The van der Waals surface area contributed by atoms with Crippen LogP contribution in [0, 0.1) is 19.8 Å². The highest BCUT2D eigenvalue weighted by Crippen LogP contribution is 2.33. The van der Waals surface area contributed by atoms with Crippen LogP contribution in [-0.2, 0) is 16.6 Å². The Bertz CT molecular complexity index is 1750. The van der Waals surface area contributed by atoms with Crippen LogP contribution < -0.4 is 15.4 Å². The zero-order chi connectivity index (χ0) is 27.7. The number of aryl methyl sites for hydroxylation is 2. The molecule has 0 aliphatic rings. The van der Waals surface area contributed by atoms with Crippen LogP contribution in [0.5, 0.6) is 0 Å². The number of carbonyl (C=O) groups is 1. The molecule has 202 valence electrons. The van der Waals surface area contributed by atoms with Crippen molar-refractivity contribution < 1.29 is 26.5 Å². The van der Waals surface area contributed by atoms with Crippen LogP contribution in [0.4, 0.5) is 14.9 Å². The first kappa shape index (κ1) is 26.3. The minimum absolute atomic E-state index is 0.000522. The molecule has 4 aromatic heterocycles. The van der Waals surface area contributed by atoms with E-state index in [-0.39, 0.29) is 18.3 Å². The number of urea groups is 1. The summed E-state index contributed by atoms with van der Waals surface area (Å²) in [5, 5.41) is 17.7. The molecule has 4 heterocycles. The highest BCUT2D eigenvalue weighted by atomic mass is 32.2. The van der Waals surface area contributed by atoms with Crippen molar-refractivity contribution in [1.29, 1.82) is 0 Å². The number of benzene rings is 1. The van der Waals surface area contributed by atoms with Gasteiger partial charge in [-0.05, 0) is 43.7 Å². The van der Waals surface area contributed by atoms with Crippen molar-refractivity contribution in [3.8, 4) is 11.1 Å². The van der Waals surface area contributed by atoms with Gasteiger partial charge in [0.05, 0.1) is 23.0 Å². The summed E-state index contributed by atoms with van der Waals surface area (Å²) < 4.78 is 50.0. The molecule has 5 aromatic rings. The molecule has 0 bridgehead atoms. The maximum absolute atomic E-state index is 13.3. The lowest BCUT2D eigenvalue weighted by atomic mass is 10.1. The number of sulfonamides is 1. The van der Waals surface area contributed by atoms with E-state index >= 15 is 0 Å². The molecule has 0 saturated carbocycles. The summed E-state index contributed by atoms with van der Waals surface area (Å²) in [5.41, 5.74) is 3.08. The van der Waals surface area contributed by atoms with Gasteiger partial charge in [0.1, 0.15) is 16.4 Å². The van der Waals surface area contributed by atoms with Gasteiger partial charge in [-0.1, -0.05) is 11.2 Å². The summed E-state index contributed by atoms with van der Waals surface area (Å²) in [7, 11) is -3.50. The number of anilines is 1. The molecule has 1 unspecified atom stereocenters. The molecule has 2 amide bonds. The number of amides is 2. The molecule has 16 heteroatoms. The Morgan fingerprint density at radius 1 is 1.15 bits per heavy atom. The fourth-order valence-corrected chi connectivity index (χ4v) is 5.05. The quantitative estimate of drug-likeness (QED) is 0.233. The second-order valence-corrected chi connectivity index (χ2v) is 11.4. The first-order valence-corrected chi connectivity index (χ1v) is 14.1. The molecule has 13 nitrogen and oxygen atoms in total. The number of rotatable bonds is 8. The van der Waals surface area contributed by atoms with E-state index in [0.717, 1.165) is 22.1 Å². The van der Waals surface area contributed by atoms with E-state index in [4.69, 9.17) is 8.94 Å². The maximum Gasteiger partial charge on any atom is 0.320 e. The molecule has 0 aliphatic heterocycles. The van der Waals surface area contributed by atoms with Crippen LogP contribution in [0.2, 0.25) is 0 Å². The Hall–Kier alpha value is -4.28. The van der Waals surface area contributed by atoms with E-state index < -0.39 is 28.0 Å². The zero-order valence-corrected chi connectivity index (χ0v) is 22.4. The Morgan fingerprint density at radius 3 is 2.64 bits per heavy atom. The van der Waals surface area contributed by atoms with E-state index in [9.17, 15) is 17.6 Å². The lowest BCUT2D eigenvalue weighted by molar-refractivity contribution is 0.248. The number of halogens is 1. The van der Waals surface area contributed by atoms with Crippen LogP contribution in [-0.4, -0.2) is 46.0 Å². The summed E-state index contributed by atoms with van der Waals surface area (Å²) in [6, 6.07) is 6.82. The highest BCUT2D eigenvalue weighted by Gasteiger charge is 2.27. The minimum atomic E-state index is -3.50. The lowest BCUT2D eigenvalue weighted by Gasteiger charge is -2.13. The Kier molecular flexibility index (Phi) is 7.07. The second kappa shape index (κ2) is 10.5. The summed E-state index contributed by atoms with van der Waals surface area (Å²) in [6.45, 7) is 3.12. The van der Waals surface area contributed by atoms with Gasteiger partial charge in [0.2, 0.25) is 27.8 Å². The largest absolute Gasteiger partial charge is 0.421 e. The zero-order valence-electron chi connectivity index (χ0n) is 20.7. The number of hydrogen-bond acceptors (Lipinski definition) is 11. The van der Waals surface area contributed by atoms with Gasteiger partial charge in [0.25, 0.3) is 0 Å². The maximum atomic E-state index is 13.3. The third-order valence-corrected chi connectivity index (χ3v) is 7.23. The van der Waals surface area contributed by atoms with Crippen LogP contribution in [0.1, 0.15) is 34.3 Å². The van der Waals surface area contributed by atoms with Crippen molar-refractivity contribution in [2.45, 2.75) is 26.4 Å². The molecular weight excluding hydrogens is 551 g/mol. The normalized spacial score (nSPS) is 12.5. The van der Waals surface area contributed by atoms with Crippen LogP contribution in [0.25, 0.3) is 21.3 Å². The molecule has 0 radical (unpaired) electrons. The molecule has 3 N–H and O–H groups in total. The van der Waals surface area contributed by atoms with Gasteiger partial charge < -0.3 is 19.6 Å². The minimum Gasteiger partial charge on any atom is -0.421 e. The SMILES string of the molecule is Cc1noc(C)c1NC(=O)NC(c1nnc(CNS(C)(=O)=O)o1)c1nc2ccc(-c3ccc(F)nc3)cc2s1. The molecular formula is C23H21FN8O5S2. The number of carbonyl (C=O) groups excluding carboxylic acids is 1. The van der Waals surface area contributed by atoms with Crippen LogP contribution >= 0.6 is 11.3 Å². The van der Waals surface area contributed by atoms with Crippen molar-refractivity contribution in [2.24, 2.45) is 0 Å². The number of nitrogens with one attached hydrogen (secondary N) is 3. The van der Waals surface area contributed by atoms with Crippen molar-refractivity contribution in [2.75, 3.05) is 11.6 Å². The van der Waals surface area contributed by atoms with E-state index in [1.807, 2.05) is 12.1 Å². The molecule has 1 aromatic carbocycles. The Labute approximate surface area is 224 Å². The average molecular weight is 573 g/mol. The average Bonchev–Trinajstić information content (AvgIpc) is 3.61. The number of fused-ring (bicyclic) bond motifs is 1. The van der Waals surface area contributed by atoms with Crippen LogP contribution in [0.15, 0.2) is 45.5 Å². The molecule has 0 spiro atoms. The van der Waals surface area contributed by atoms with Crippen molar-refractivity contribution >= 4 is 43.3 Å². The molecule has 1 atom stereocenters. The summed E-state index contributed by atoms with van der Waals surface area (Å²) >= 11 is 1.28. The first-order chi connectivity index (χ1) is 18.6. The van der Waals surface area contributed by atoms with Gasteiger partial charge >= 0.3 is 6.03 Å². The molecule has 39 heavy (non-hydrogen) atoms. The third kappa shape index (κ3) is 6.08. The topological polar surface area (TPSA) is 178 Å². The smallest absolute Gasteiger partial charge is 0.320 e. The second-order valence-electron chi connectivity index (χ2n) is 8.46. The van der Waals surface area contributed by atoms with Crippen molar-refractivity contribution in [3.63, 3.8) is 0 Å². The number of aromatic nitrogens is 5. The highest BCUT2D eigenvalue weighted by molar-refractivity contribution is 7.88. The van der Waals surface area contributed by atoms with Crippen molar-refractivity contribution in [1.82, 2.24) is 35.4 Å². The standard InChI is InChI=1S/C23H21FN8O5S2/c1-11-19(12(2)37-32-11)28-23(33)29-20(21-31-30-18(36-21)10-26-39(3,34)35)22-27-15-6-4-13(8-16(15)38-22)14-5-7-17(24)25-9-14/h4-9,20,26H,10H2,1-3H3,(H2,28,29,33). The van der Waals surface area contributed by atoms with Crippen LogP contribution in [0.3, 0.4) is 0 Å². The molecule has 0 saturated heterocycles.